The van der Waals surface area contributed by atoms with Gasteiger partial charge in [-0.1, -0.05) is 18.2 Å². The Balaban J connectivity index is 0.000000301. The van der Waals surface area contributed by atoms with Crippen LogP contribution in [-0.4, -0.2) is 20.1 Å². The van der Waals surface area contributed by atoms with Crippen molar-refractivity contribution in [2.24, 2.45) is 0 Å². The van der Waals surface area contributed by atoms with Gasteiger partial charge in [0, 0.05) is 18.7 Å². The summed E-state index contributed by atoms with van der Waals surface area (Å²) in [5.74, 6) is -3.66. The largest absolute Gasteiger partial charge is 0.505 e. The first-order valence-electron chi connectivity index (χ1n) is 10.7. The van der Waals surface area contributed by atoms with Crippen molar-refractivity contribution >= 4 is 31.6 Å². The fourth-order valence-electron chi connectivity index (χ4n) is 3.57. The molecule has 5 rings (SSSR count). The van der Waals surface area contributed by atoms with Crippen LogP contribution in [0.4, 0.5) is 23.2 Å². The van der Waals surface area contributed by atoms with Crippen LogP contribution in [0.2, 0.25) is 0 Å². The van der Waals surface area contributed by atoms with E-state index in [1.165, 1.54) is 28.6 Å². The topological polar surface area (TPSA) is 66.8 Å². The number of benzene rings is 4. The van der Waals surface area contributed by atoms with E-state index in [1.807, 2.05) is 12.1 Å². The molecule has 1 aliphatic rings. The van der Waals surface area contributed by atoms with E-state index in [0.29, 0.717) is 35.3 Å². The second kappa shape index (κ2) is 10.8. The van der Waals surface area contributed by atoms with Gasteiger partial charge in [-0.2, -0.15) is 0 Å². The number of rotatable bonds is 4. The molecular formula is C26H18BrF4NO4S. The summed E-state index contributed by atoms with van der Waals surface area (Å²) < 4.78 is 84.2. The van der Waals surface area contributed by atoms with E-state index in [1.54, 1.807) is 12.1 Å². The average molecular weight is 596 g/mol. The van der Waals surface area contributed by atoms with Crippen molar-refractivity contribution in [3.8, 4) is 17.2 Å². The lowest BCUT2D eigenvalue weighted by atomic mass is 10.2. The van der Waals surface area contributed by atoms with Crippen LogP contribution in [0.25, 0.3) is 0 Å². The predicted molar refractivity (Wildman–Crippen MR) is 133 cm³/mol. The minimum Gasteiger partial charge on any atom is -0.505 e. The Morgan fingerprint density at radius 2 is 1.46 bits per heavy atom. The summed E-state index contributed by atoms with van der Waals surface area (Å²) in [5.41, 5.74) is 1.66. The summed E-state index contributed by atoms with van der Waals surface area (Å²) in [6, 6.07) is 17.2. The minimum absolute atomic E-state index is 0.0861. The first-order chi connectivity index (χ1) is 17.6. The highest BCUT2D eigenvalue weighted by atomic mass is 79.9. The SMILES string of the molecule is O=S(=O)(c1ccc(Oc2ccc(F)cc2F)c(Br)c1)N1CCc2ccccc21.Oc1ccc(F)cc1F. The molecule has 1 N–H and O–H groups in total. The predicted octanol–water partition coefficient (Wildman–Crippen LogP) is 6.94. The highest BCUT2D eigenvalue weighted by Crippen LogP contribution is 2.36. The monoisotopic (exact) mass is 595 g/mol. The molecule has 37 heavy (non-hydrogen) atoms. The Kier molecular flexibility index (Phi) is 7.74. The van der Waals surface area contributed by atoms with Crippen molar-refractivity contribution in [1.82, 2.24) is 0 Å². The highest BCUT2D eigenvalue weighted by molar-refractivity contribution is 9.10. The second-order valence-corrected chi connectivity index (χ2v) is 10.5. The van der Waals surface area contributed by atoms with Gasteiger partial charge in [0.1, 0.15) is 17.4 Å². The molecule has 0 unspecified atom stereocenters. The molecule has 0 aliphatic carbocycles. The van der Waals surface area contributed by atoms with Crippen molar-refractivity contribution in [3.63, 3.8) is 0 Å². The van der Waals surface area contributed by atoms with Gasteiger partial charge in [-0.05, 0) is 76.4 Å². The number of hydrogen-bond donors (Lipinski definition) is 1. The van der Waals surface area contributed by atoms with Crippen LogP contribution >= 0.6 is 15.9 Å². The fourth-order valence-corrected chi connectivity index (χ4v) is 5.71. The van der Waals surface area contributed by atoms with Crippen molar-refractivity contribution in [2.45, 2.75) is 11.3 Å². The van der Waals surface area contributed by atoms with Crippen molar-refractivity contribution < 1.29 is 35.8 Å². The number of para-hydroxylation sites is 1. The first-order valence-corrected chi connectivity index (χ1v) is 13.0. The van der Waals surface area contributed by atoms with E-state index in [0.717, 1.165) is 23.8 Å². The third-order valence-electron chi connectivity index (χ3n) is 5.36. The molecular weight excluding hydrogens is 578 g/mol. The third kappa shape index (κ3) is 5.89. The van der Waals surface area contributed by atoms with Gasteiger partial charge in [0.05, 0.1) is 15.1 Å². The fraction of sp³-hybridized carbons (Fsp3) is 0.0769. The summed E-state index contributed by atoms with van der Waals surface area (Å²) in [6.45, 7) is 0.373. The lowest BCUT2D eigenvalue weighted by Crippen LogP contribution is -2.29. The molecule has 192 valence electrons. The molecule has 1 aliphatic heterocycles. The third-order valence-corrected chi connectivity index (χ3v) is 7.79. The number of nitrogens with zero attached hydrogens (tertiary/aromatic N) is 1. The van der Waals surface area contributed by atoms with Crippen LogP contribution in [0.1, 0.15) is 5.56 Å². The molecule has 4 aromatic rings. The molecule has 0 radical (unpaired) electrons. The second-order valence-electron chi connectivity index (χ2n) is 7.82. The van der Waals surface area contributed by atoms with Crippen LogP contribution in [-0.2, 0) is 16.4 Å². The van der Waals surface area contributed by atoms with Gasteiger partial charge in [-0.3, -0.25) is 4.31 Å². The molecule has 11 heteroatoms. The summed E-state index contributed by atoms with van der Waals surface area (Å²) in [4.78, 5) is 0.0861. The van der Waals surface area contributed by atoms with Gasteiger partial charge in [0.15, 0.2) is 23.1 Å². The molecule has 1 heterocycles. The zero-order valence-electron chi connectivity index (χ0n) is 18.8. The lowest BCUT2D eigenvalue weighted by molar-refractivity contribution is 0.428. The van der Waals surface area contributed by atoms with Crippen LogP contribution in [0.3, 0.4) is 0 Å². The normalized spacial score (nSPS) is 12.5. The molecule has 0 saturated heterocycles. The number of phenols is 1. The molecule has 0 saturated carbocycles. The minimum atomic E-state index is -3.75. The van der Waals surface area contributed by atoms with Gasteiger partial charge in [0.25, 0.3) is 10.0 Å². The zero-order valence-corrected chi connectivity index (χ0v) is 21.2. The Hall–Kier alpha value is -3.57. The number of halogens is 5. The van der Waals surface area contributed by atoms with Crippen LogP contribution < -0.4 is 9.04 Å². The van der Waals surface area contributed by atoms with E-state index in [2.05, 4.69) is 15.9 Å². The highest BCUT2D eigenvalue weighted by Gasteiger charge is 2.31. The maximum absolute atomic E-state index is 13.8. The van der Waals surface area contributed by atoms with Crippen LogP contribution in [0.5, 0.6) is 17.2 Å². The van der Waals surface area contributed by atoms with Gasteiger partial charge >= 0.3 is 0 Å². The summed E-state index contributed by atoms with van der Waals surface area (Å²) in [7, 11) is -3.75. The van der Waals surface area contributed by atoms with E-state index in [-0.39, 0.29) is 16.4 Å². The van der Waals surface area contributed by atoms with E-state index in [4.69, 9.17) is 9.84 Å². The smallest absolute Gasteiger partial charge is 0.264 e. The number of fused-ring (bicyclic) bond motifs is 1. The van der Waals surface area contributed by atoms with E-state index < -0.39 is 39.0 Å². The maximum Gasteiger partial charge on any atom is 0.264 e. The number of aromatic hydroxyl groups is 1. The molecule has 4 aromatic carbocycles. The summed E-state index contributed by atoms with van der Waals surface area (Å²) in [6.07, 6.45) is 0.654. The van der Waals surface area contributed by atoms with Gasteiger partial charge in [-0.15, -0.1) is 0 Å². The zero-order chi connectivity index (χ0) is 26.7. The number of phenolic OH excluding ortho intramolecular Hbond substituents is 1. The number of sulfonamides is 1. The Bertz CT molecular complexity index is 1570. The summed E-state index contributed by atoms with van der Waals surface area (Å²) in [5, 5.41) is 8.50. The maximum atomic E-state index is 13.8. The number of ether oxygens (including phenoxy) is 1. The van der Waals surface area contributed by atoms with Gasteiger partial charge in [0.2, 0.25) is 0 Å². The molecule has 5 nitrogen and oxygen atoms in total. The van der Waals surface area contributed by atoms with Gasteiger partial charge < -0.3 is 9.84 Å². The molecule has 0 fully saturated rings. The molecule has 0 atom stereocenters. The van der Waals surface area contributed by atoms with Crippen LogP contribution in [0, 0.1) is 23.3 Å². The molecule has 0 spiro atoms. The Labute approximate surface area is 218 Å². The Morgan fingerprint density at radius 1 is 0.811 bits per heavy atom. The van der Waals surface area contributed by atoms with Crippen molar-refractivity contribution in [1.29, 1.82) is 0 Å². The molecule has 0 aromatic heterocycles. The van der Waals surface area contributed by atoms with Crippen LogP contribution in [0.15, 0.2) is 88.2 Å². The van der Waals surface area contributed by atoms with E-state index >= 15 is 0 Å². The number of hydrogen-bond acceptors (Lipinski definition) is 4. The summed E-state index contributed by atoms with van der Waals surface area (Å²) >= 11 is 3.27. The first kappa shape index (κ1) is 26.5. The van der Waals surface area contributed by atoms with Crippen molar-refractivity contribution in [3.05, 3.63) is 112 Å². The molecule has 0 amide bonds. The Morgan fingerprint density at radius 3 is 2.11 bits per heavy atom. The molecule has 0 bridgehead atoms. The van der Waals surface area contributed by atoms with Gasteiger partial charge in [-0.25, -0.2) is 26.0 Å². The van der Waals surface area contributed by atoms with Crippen molar-refractivity contribution in [2.75, 3.05) is 10.8 Å². The average Bonchev–Trinajstić information content (AvgIpc) is 3.30. The quantitative estimate of drug-likeness (QED) is 0.259. The van der Waals surface area contributed by atoms with E-state index in [9.17, 15) is 26.0 Å². The lowest BCUT2D eigenvalue weighted by Gasteiger charge is -2.20. The standard InChI is InChI=1S/C20H14BrF2NO3S.C6H4F2O/c21-16-12-15(6-8-19(16)27-20-7-5-14(22)11-17(20)23)28(25,26)24-10-9-13-3-1-2-4-18(13)24;7-4-1-2-6(9)5(8)3-4/h1-8,11-12H,9-10H2;1-3,9H. The number of anilines is 1.